The maximum Gasteiger partial charge on any atom is 0.274 e. The van der Waals surface area contributed by atoms with Crippen molar-refractivity contribution in [1.82, 2.24) is 20.0 Å². The van der Waals surface area contributed by atoms with Gasteiger partial charge < -0.3 is 10.2 Å². The number of carbonyl (C=O) groups excluding carboxylic acids is 1. The lowest BCUT2D eigenvalue weighted by molar-refractivity contribution is 0.0741. The van der Waals surface area contributed by atoms with E-state index in [0.29, 0.717) is 23.7 Å². The first-order valence-corrected chi connectivity index (χ1v) is 7.64. The van der Waals surface area contributed by atoms with Crippen LogP contribution in [0.25, 0.3) is 0 Å². The number of carbonyl (C=O) groups is 1. The molecule has 1 aromatic rings. The Morgan fingerprint density at radius 3 is 2.80 bits per heavy atom. The van der Waals surface area contributed by atoms with E-state index in [1.807, 2.05) is 22.7 Å². The second-order valence-electron chi connectivity index (χ2n) is 6.41. The van der Waals surface area contributed by atoms with Gasteiger partial charge in [-0.1, -0.05) is 13.8 Å². The zero-order valence-electron chi connectivity index (χ0n) is 12.6. The smallest absolute Gasteiger partial charge is 0.274 e. The molecule has 0 spiro atoms. The van der Waals surface area contributed by atoms with Crippen LogP contribution in [0.4, 0.5) is 0 Å². The molecule has 0 aliphatic carbocycles. The Labute approximate surface area is 120 Å². The van der Waals surface area contributed by atoms with E-state index in [1.54, 1.807) is 0 Å². The Kier molecular flexibility index (Phi) is 3.54. The molecule has 110 valence electrons. The van der Waals surface area contributed by atoms with E-state index < -0.39 is 0 Å². The van der Waals surface area contributed by atoms with Crippen LogP contribution in [0.2, 0.25) is 0 Å². The number of likely N-dealkylation sites (tertiary alicyclic amines) is 1. The zero-order valence-corrected chi connectivity index (χ0v) is 12.6. The van der Waals surface area contributed by atoms with Crippen molar-refractivity contribution in [2.45, 2.75) is 51.1 Å². The number of hydrogen-bond acceptors (Lipinski definition) is 3. The SMILES string of the molecule is CC(C)c1cc(C(=O)N2CCC3CCC(C2)N3)nn1C. The Balaban J connectivity index is 1.76. The molecule has 1 aromatic heterocycles. The summed E-state index contributed by atoms with van der Waals surface area (Å²) < 4.78 is 1.83. The fraction of sp³-hybridized carbons (Fsp3) is 0.733. The second-order valence-corrected chi connectivity index (χ2v) is 6.41. The topological polar surface area (TPSA) is 50.2 Å². The van der Waals surface area contributed by atoms with Crippen LogP contribution in [-0.4, -0.2) is 45.8 Å². The molecule has 0 radical (unpaired) electrons. The van der Waals surface area contributed by atoms with Crippen molar-refractivity contribution in [3.05, 3.63) is 17.5 Å². The van der Waals surface area contributed by atoms with Gasteiger partial charge in [-0.25, -0.2) is 0 Å². The standard InChI is InChI=1S/C15H24N4O/c1-10(2)14-8-13(17-18(14)3)15(20)19-7-6-11-4-5-12(9-19)16-11/h8,10-12,16H,4-7,9H2,1-3H3. The summed E-state index contributed by atoms with van der Waals surface area (Å²) in [7, 11) is 1.91. The highest BCUT2D eigenvalue weighted by molar-refractivity contribution is 5.92. The van der Waals surface area contributed by atoms with Crippen molar-refractivity contribution in [1.29, 1.82) is 0 Å². The molecule has 1 amide bonds. The molecule has 0 saturated carbocycles. The number of fused-ring (bicyclic) bond motifs is 2. The largest absolute Gasteiger partial charge is 0.336 e. The molecule has 2 bridgehead atoms. The number of nitrogens with zero attached hydrogens (tertiary/aromatic N) is 3. The number of hydrogen-bond donors (Lipinski definition) is 1. The van der Waals surface area contributed by atoms with Gasteiger partial charge in [-0.3, -0.25) is 9.48 Å². The molecule has 2 saturated heterocycles. The van der Waals surface area contributed by atoms with Crippen LogP contribution in [-0.2, 0) is 7.05 Å². The minimum Gasteiger partial charge on any atom is -0.336 e. The molecule has 2 atom stereocenters. The Bertz CT molecular complexity index is 508. The summed E-state index contributed by atoms with van der Waals surface area (Å²) in [4.78, 5) is 14.6. The maximum absolute atomic E-state index is 12.6. The van der Waals surface area contributed by atoms with Crippen molar-refractivity contribution in [2.24, 2.45) is 7.05 Å². The van der Waals surface area contributed by atoms with Gasteiger partial charge in [-0.05, 0) is 31.2 Å². The van der Waals surface area contributed by atoms with Crippen LogP contribution in [0, 0.1) is 0 Å². The van der Waals surface area contributed by atoms with Gasteiger partial charge in [-0.2, -0.15) is 5.10 Å². The van der Waals surface area contributed by atoms with Crippen LogP contribution < -0.4 is 5.32 Å². The molecule has 2 aliphatic heterocycles. The van der Waals surface area contributed by atoms with Gasteiger partial charge in [-0.15, -0.1) is 0 Å². The summed E-state index contributed by atoms with van der Waals surface area (Å²) in [6.45, 7) is 5.92. The number of amides is 1. The normalized spacial score (nSPS) is 26.1. The van der Waals surface area contributed by atoms with E-state index in [4.69, 9.17) is 0 Å². The number of aryl methyl sites for hydroxylation is 1. The Morgan fingerprint density at radius 2 is 2.10 bits per heavy atom. The number of nitrogens with one attached hydrogen (secondary N) is 1. The molecule has 20 heavy (non-hydrogen) atoms. The first kappa shape index (κ1) is 13.6. The van der Waals surface area contributed by atoms with E-state index in [1.165, 1.54) is 12.8 Å². The summed E-state index contributed by atoms with van der Waals surface area (Å²) >= 11 is 0. The molecule has 3 rings (SSSR count). The van der Waals surface area contributed by atoms with Crippen LogP contribution in [0.1, 0.15) is 55.2 Å². The van der Waals surface area contributed by atoms with Crippen LogP contribution in [0.3, 0.4) is 0 Å². The van der Waals surface area contributed by atoms with E-state index >= 15 is 0 Å². The number of aromatic nitrogens is 2. The third-order valence-electron chi connectivity index (χ3n) is 4.54. The van der Waals surface area contributed by atoms with E-state index in [-0.39, 0.29) is 5.91 Å². The van der Waals surface area contributed by atoms with E-state index in [9.17, 15) is 4.79 Å². The molecule has 2 unspecified atom stereocenters. The zero-order chi connectivity index (χ0) is 14.3. The van der Waals surface area contributed by atoms with Crippen LogP contribution in [0.15, 0.2) is 6.07 Å². The lowest BCUT2D eigenvalue weighted by Crippen LogP contribution is -2.39. The first-order valence-electron chi connectivity index (χ1n) is 7.64. The van der Waals surface area contributed by atoms with Gasteiger partial charge in [0.1, 0.15) is 0 Å². The molecule has 5 heteroatoms. The average Bonchev–Trinajstić information content (AvgIpc) is 2.92. The summed E-state index contributed by atoms with van der Waals surface area (Å²) in [6.07, 6.45) is 3.51. The molecule has 1 N–H and O–H groups in total. The van der Waals surface area contributed by atoms with Crippen molar-refractivity contribution in [2.75, 3.05) is 13.1 Å². The van der Waals surface area contributed by atoms with Crippen molar-refractivity contribution >= 4 is 5.91 Å². The fourth-order valence-corrected chi connectivity index (χ4v) is 3.42. The summed E-state index contributed by atoms with van der Waals surface area (Å²) in [5.41, 5.74) is 1.71. The monoisotopic (exact) mass is 276 g/mol. The van der Waals surface area contributed by atoms with Crippen molar-refractivity contribution < 1.29 is 4.79 Å². The second kappa shape index (κ2) is 5.20. The molecule has 5 nitrogen and oxygen atoms in total. The van der Waals surface area contributed by atoms with E-state index in [0.717, 1.165) is 25.2 Å². The van der Waals surface area contributed by atoms with Crippen molar-refractivity contribution in [3.63, 3.8) is 0 Å². The van der Waals surface area contributed by atoms with E-state index in [2.05, 4.69) is 24.3 Å². The summed E-state index contributed by atoms with van der Waals surface area (Å²) in [5, 5.41) is 8.01. The molecule has 2 fully saturated rings. The third-order valence-corrected chi connectivity index (χ3v) is 4.54. The van der Waals surface area contributed by atoms with Crippen LogP contribution >= 0.6 is 0 Å². The Hall–Kier alpha value is -1.36. The van der Waals surface area contributed by atoms with Crippen LogP contribution in [0.5, 0.6) is 0 Å². The van der Waals surface area contributed by atoms with Gasteiger partial charge in [0.15, 0.2) is 5.69 Å². The van der Waals surface area contributed by atoms with Crippen molar-refractivity contribution in [3.8, 4) is 0 Å². The predicted octanol–water partition coefficient (Wildman–Crippen LogP) is 1.51. The quantitative estimate of drug-likeness (QED) is 0.891. The lowest BCUT2D eigenvalue weighted by Gasteiger charge is -2.23. The molecule has 2 aliphatic rings. The fourth-order valence-electron chi connectivity index (χ4n) is 3.42. The van der Waals surface area contributed by atoms with Gasteiger partial charge in [0.25, 0.3) is 5.91 Å². The lowest BCUT2D eigenvalue weighted by atomic mass is 10.1. The average molecular weight is 276 g/mol. The van der Waals surface area contributed by atoms with Gasteiger partial charge in [0.05, 0.1) is 0 Å². The Morgan fingerprint density at radius 1 is 1.35 bits per heavy atom. The highest BCUT2D eigenvalue weighted by Gasteiger charge is 2.32. The number of rotatable bonds is 2. The highest BCUT2D eigenvalue weighted by Crippen LogP contribution is 2.22. The minimum atomic E-state index is 0.0850. The van der Waals surface area contributed by atoms with Gasteiger partial charge in [0.2, 0.25) is 0 Å². The highest BCUT2D eigenvalue weighted by atomic mass is 16.2. The molecular weight excluding hydrogens is 252 g/mol. The predicted molar refractivity (Wildman–Crippen MR) is 77.8 cm³/mol. The maximum atomic E-state index is 12.6. The summed E-state index contributed by atoms with van der Waals surface area (Å²) in [5.74, 6) is 0.470. The molecular formula is C15H24N4O. The van der Waals surface area contributed by atoms with Gasteiger partial charge in [0, 0.05) is 37.9 Å². The molecule has 3 heterocycles. The third kappa shape index (κ3) is 2.46. The first-order chi connectivity index (χ1) is 9.54. The summed E-state index contributed by atoms with van der Waals surface area (Å²) in [6, 6.07) is 3.02. The minimum absolute atomic E-state index is 0.0850. The molecule has 0 aromatic carbocycles. The van der Waals surface area contributed by atoms with Gasteiger partial charge >= 0.3 is 0 Å².